The third-order valence-electron chi connectivity index (χ3n) is 6.12. The molecule has 0 bridgehead atoms. The number of pyridine rings is 1. The highest BCUT2D eigenvalue weighted by molar-refractivity contribution is 6.46. The maximum absolute atomic E-state index is 13.3. The average Bonchev–Trinajstić information content (AvgIpc) is 3.05. The third kappa shape index (κ3) is 4.00. The van der Waals surface area contributed by atoms with Crippen LogP contribution in [0, 0.1) is 20.8 Å². The molecule has 1 aliphatic rings. The van der Waals surface area contributed by atoms with Gasteiger partial charge < -0.3 is 14.7 Å². The number of ketones is 1. The molecule has 4 rings (SSSR count). The maximum Gasteiger partial charge on any atom is 0.295 e. The van der Waals surface area contributed by atoms with Crippen molar-refractivity contribution in [3.8, 4) is 5.75 Å². The minimum absolute atomic E-state index is 0.0935. The molecule has 168 valence electrons. The Hall–Kier alpha value is -3.93. The molecular weight excluding hydrogens is 416 g/mol. The van der Waals surface area contributed by atoms with Gasteiger partial charge >= 0.3 is 0 Å². The van der Waals surface area contributed by atoms with Gasteiger partial charge in [0.05, 0.1) is 18.7 Å². The van der Waals surface area contributed by atoms with E-state index in [1.807, 2.05) is 63.2 Å². The number of amides is 1. The normalized spacial score (nSPS) is 17.5. The molecule has 6 nitrogen and oxygen atoms in total. The van der Waals surface area contributed by atoms with Gasteiger partial charge in [-0.3, -0.25) is 14.6 Å². The second kappa shape index (κ2) is 8.90. The number of aliphatic hydroxyl groups excluding tert-OH is 1. The van der Waals surface area contributed by atoms with Crippen LogP contribution in [0.5, 0.6) is 5.75 Å². The number of hydrogen-bond donors (Lipinski definition) is 1. The van der Waals surface area contributed by atoms with Crippen LogP contribution >= 0.6 is 0 Å². The first-order valence-electron chi connectivity index (χ1n) is 10.7. The molecule has 1 fully saturated rings. The third-order valence-corrected chi connectivity index (χ3v) is 6.12. The van der Waals surface area contributed by atoms with E-state index in [0.717, 1.165) is 27.8 Å². The monoisotopic (exact) mass is 442 g/mol. The van der Waals surface area contributed by atoms with Crippen molar-refractivity contribution in [3.05, 3.63) is 99.9 Å². The first kappa shape index (κ1) is 22.3. The molecule has 2 aromatic carbocycles. The number of hydrogen-bond acceptors (Lipinski definition) is 5. The second-order valence-electron chi connectivity index (χ2n) is 8.28. The predicted octanol–water partition coefficient (Wildman–Crippen LogP) is 4.64. The van der Waals surface area contributed by atoms with E-state index in [1.54, 1.807) is 25.6 Å². The Kier molecular flexibility index (Phi) is 6.01. The molecule has 2 heterocycles. The van der Waals surface area contributed by atoms with Crippen LogP contribution in [-0.4, -0.2) is 33.8 Å². The number of likely N-dealkylation sites (tertiary alicyclic amines) is 1. The minimum atomic E-state index is -0.707. The summed E-state index contributed by atoms with van der Waals surface area (Å²) in [4.78, 5) is 32.0. The number of benzene rings is 2. The van der Waals surface area contributed by atoms with Crippen molar-refractivity contribution in [3.63, 3.8) is 0 Å². The summed E-state index contributed by atoms with van der Waals surface area (Å²) >= 11 is 0. The molecule has 1 aromatic heterocycles. The van der Waals surface area contributed by atoms with E-state index < -0.39 is 17.7 Å². The fraction of sp³-hybridized carbons (Fsp3) is 0.222. The molecule has 1 saturated heterocycles. The fourth-order valence-corrected chi connectivity index (χ4v) is 4.35. The van der Waals surface area contributed by atoms with Crippen LogP contribution in [0.2, 0.25) is 0 Å². The Morgan fingerprint density at radius 2 is 1.70 bits per heavy atom. The zero-order valence-electron chi connectivity index (χ0n) is 19.1. The Balaban J connectivity index is 1.92. The van der Waals surface area contributed by atoms with Crippen LogP contribution < -0.4 is 4.74 Å². The van der Waals surface area contributed by atoms with Crippen LogP contribution in [0.3, 0.4) is 0 Å². The molecule has 1 unspecified atom stereocenters. The Morgan fingerprint density at radius 3 is 2.36 bits per heavy atom. The fourth-order valence-electron chi connectivity index (χ4n) is 4.35. The van der Waals surface area contributed by atoms with Gasteiger partial charge in [0.15, 0.2) is 0 Å². The van der Waals surface area contributed by atoms with E-state index in [0.29, 0.717) is 11.3 Å². The molecule has 1 atom stereocenters. The number of aryl methyl sites for hydroxylation is 3. The summed E-state index contributed by atoms with van der Waals surface area (Å²) in [7, 11) is 1.59. The number of rotatable bonds is 5. The lowest BCUT2D eigenvalue weighted by atomic mass is 9.91. The zero-order valence-corrected chi connectivity index (χ0v) is 19.1. The summed E-state index contributed by atoms with van der Waals surface area (Å²) < 4.78 is 5.38. The van der Waals surface area contributed by atoms with Crippen LogP contribution in [-0.2, 0) is 16.1 Å². The zero-order chi connectivity index (χ0) is 23.7. The number of ether oxygens (including phenoxy) is 1. The Morgan fingerprint density at radius 1 is 1.00 bits per heavy atom. The van der Waals surface area contributed by atoms with Crippen LogP contribution in [0.1, 0.15) is 39.4 Å². The molecule has 0 radical (unpaired) electrons. The van der Waals surface area contributed by atoms with E-state index in [-0.39, 0.29) is 17.9 Å². The molecule has 33 heavy (non-hydrogen) atoms. The number of aliphatic hydroxyl groups is 1. The summed E-state index contributed by atoms with van der Waals surface area (Å²) in [6.45, 7) is 5.87. The Labute approximate surface area is 193 Å². The lowest BCUT2D eigenvalue weighted by Gasteiger charge is -2.26. The number of Topliss-reactive ketones (excluding diaryl/α,β-unsaturated/α-hetero) is 1. The van der Waals surface area contributed by atoms with E-state index in [1.165, 1.54) is 4.90 Å². The summed E-state index contributed by atoms with van der Waals surface area (Å²) in [6.07, 6.45) is 3.30. The number of aromatic nitrogens is 1. The number of methoxy groups -OCH3 is 1. The van der Waals surface area contributed by atoms with Crippen molar-refractivity contribution in [2.75, 3.05) is 7.11 Å². The van der Waals surface area contributed by atoms with Gasteiger partial charge in [-0.05, 0) is 72.9 Å². The molecule has 0 spiro atoms. The lowest BCUT2D eigenvalue weighted by Crippen LogP contribution is -2.29. The first-order chi connectivity index (χ1) is 15.8. The molecule has 6 heteroatoms. The van der Waals surface area contributed by atoms with Crippen molar-refractivity contribution in [2.45, 2.75) is 33.4 Å². The standard InChI is InChI=1S/C27H26N2O4/c1-16-7-5-6-8-20(16)24-23(25(30)21-13-18(3)22(33-4)14-17(21)2)26(31)27(32)29(24)15-19-9-11-28-12-10-19/h5-14,24,30H,15H2,1-4H3/b25-23+. The van der Waals surface area contributed by atoms with Crippen LogP contribution in [0.25, 0.3) is 5.76 Å². The molecule has 0 saturated carbocycles. The average molecular weight is 443 g/mol. The van der Waals surface area contributed by atoms with E-state index >= 15 is 0 Å². The molecule has 1 N–H and O–H groups in total. The smallest absolute Gasteiger partial charge is 0.295 e. The summed E-state index contributed by atoms with van der Waals surface area (Å²) in [6, 6.07) is 14.1. The van der Waals surface area contributed by atoms with E-state index in [9.17, 15) is 14.7 Å². The highest BCUT2D eigenvalue weighted by atomic mass is 16.5. The highest BCUT2D eigenvalue weighted by Crippen LogP contribution is 2.42. The molecule has 3 aromatic rings. The first-order valence-corrected chi connectivity index (χ1v) is 10.7. The van der Waals surface area contributed by atoms with E-state index in [2.05, 4.69) is 4.98 Å². The number of carbonyl (C=O) groups is 2. The van der Waals surface area contributed by atoms with Crippen LogP contribution in [0.15, 0.2) is 66.5 Å². The molecule has 0 aliphatic carbocycles. The maximum atomic E-state index is 13.3. The predicted molar refractivity (Wildman–Crippen MR) is 126 cm³/mol. The largest absolute Gasteiger partial charge is 0.507 e. The van der Waals surface area contributed by atoms with Crippen molar-refractivity contribution < 1.29 is 19.4 Å². The van der Waals surface area contributed by atoms with Crippen molar-refractivity contribution in [1.82, 2.24) is 9.88 Å². The second-order valence-corrected chi connectivity index (χ2v) is 8.28. The van der Waals surface area contributed by atoms with Gasteiger partial charge in [0.25, 0.3) is 11.7 Å². The van der Waals surface area contributed by atoms with Gasteiger partial charge in [0, 0.05) is 24.5 Å². The van der Waals surface area contributed by atoms with Crippen molar-refractivity contribution in [1.29, 1.82) is 0 Å². The number of carbonyl (C=O) groups excluding carboxylic acids is 2. The topological polar surface area (TPSA) is 79.7 Å². The van der Waals surface area contributed by atoms with Crippen LogP contribution in [0.4, 0.5) is 0 Å². The van der Waals surface area contributed by atoms with Crippen molar-refractivity contribution >= 4 is 17.4 Å². The molecular formula is C27H26N2O4. The SMILES string of the molecule is COc1cc(C)c(/C(O)=C2\C(=O)C(=O)N(Cc3ccncc3)C2c2ccccc2C)cc1C. The quantitative estimate of drug-likeness (QED) is 0.354. The minimum Gasteiger partial charge on any atom is -0.507 e. The molecule has 1 aliphatic heterocycles. The van der Waals surface area contributed by atoms with Gasteiger partial charge in [0.2, 0.25) is 0 Å². The lowest BCUT2D eigenvalue weighted by molar-refractivity contribution is -0.140. The van der Waals surface area contributed by atoms with Gasteiger partial charge in [-0.2, -0.15) is 0 Å². The Bertz CT molecular complexity index is 1260. The van der Waals surface area contributed by atoms with Gasteiger partial charge in [0.1, 0.15) is 11.5 Å². The van der Waals surface area contributed by atoms with Gasteiger partial charge in [-0.25, -0.2) is 0 Å². The van der Waals surface area contributed by atoms with Crippen molar-refractivity contribution in [2.24, 2.45) is 0 Å². The molecule has 1 amide bonds. The van der Waals surface area contributed by atoms with Gasteiger partial charge in [-0.1, -0.05) is 24.3 Å². The number of nitrogens with zero attached hydrogens (tertiary/aromatic N) is 2. The van der Waals surface area contributed by atoms with Gasteiger partial charge in [-0.15, -0.1) is 0 Å². The summed E-state index contributed by atoms with van der Waals surface area (Å²) in [5.41, 5.74) is 4.75. The summed E-state index contributed by atoms with van der Waals surface area (Å²) in [5, 5.41) is 11.4. The summed E-state index contributed by atoms with van der Waals surface area (Å²) in [5.74, 6) is -0.813. The van der Waals surface area contributed by atoms with E-state index in [4.69, 9.17) is 4.74 Å². The highest BCUT2D eigenvalue weighted by Gasteiger charge is 2.46.